The standard InChI is InChI=1S/C20H19F3N4O4/c1-29-11-5-6-12(16(8-11)30-2)25-19(28)14-10-18-24-13(15-4-3-7-31-15)9-17(20(21,22)23)27(18)26-14/h3-8,10,13,17,24H,9H2,1-2H3,(H,25,28)/t13-,17+/m0/s1. The smallest absolute Gasteiger partial charge is 0.410 e. The molecule has 0 spiro atoms. The number of anilines is 2. The van der Waals surface area contributed by atoms with E-state index in [2.05, 4.69) is 15.7 Å². The number of alkyl halides is 3. The Balaban J connectivity index is 1.63. The third-order valence-electron chi connectivity index (χ3n) is 4.97. The van der Waals surface area contributed by atoms with Gasteiger partial charge >= 0.3 is 6.18 Å². The summed E-state index contributed by atoms with van der Waals surface area (Å²) in [4.78, 5) is 12.7. The van der Waals surface area contributed by atoms with E-state index in [-0.39, 0.29) is 17.9 Å². The lowest BCUT2D eigenvalue weighted by Gasteiger charge is -2.32. The molecule has 0 fully saturated rings. The number of carbonyl (C=O) groups excluding carboxylic acids is 1. The number of hydrogen-bond acceptors (Lipinski definition) is 6. The van der Waals surface area contributed by atoms with Crippen molar-refractivity contribution in [3.8, 4) is 11.5 Å². The largest absolute Gasteiger partial charge is 0.497 e. The predicted octanol–water partition coefficient (Wildman–Crippen LogP) is 4.41. The molecule has 1 aliphatic rings. The number of rotatable bonds is 5. The van der Waals surface area contributed by atoms with Gasteiger partial charge in [-0.2, -0.15) is 18.3 Å². The molecule has 3 aromatic rings. The Bertz CT molecular complexity index is 1080. The Labute approximate surface area is 174 Å². The van der Waals surface area contributed by atoms with Gasteiger partial charge < -0.3 is 24.5 Å². The summed E-state index contributed by atoms with van der Waals surface area (Å²) in [7, 11) is 2.91. The number of benzene rings is 1. The summed E-state index contributed by atoms with van der Waals surface area (Å²) in [5.74, 6) is 0.620. The maximum absolute atomic E-state index is 13.7. The Hall–Kier alpha value is -3.63. The minimum absolute atomic E-state index is 0.0711. The van der Waals surface area contributed by atoms with E-state index < -0.39 is 24.2 Å². The number of nitrogens with zero attached hydrogens (tertiary/aromatic N) is 2. The maximum atomic E-state index is 13.7. The molecular weight excluding hydrogens is 417 g/mol. The fraction of sp³-hybridized carbons (Fsp3) is 0.300. The van der Waals surface area contributed by atoms with Crippen LogP contribution in [0.1, 0.15) is 34.8 Å². The van der Waals surface area contributed by atoms with Crippen molar-refractivity contribution < 1.29 is 31.9 Å². The van der Waals surface area contributed by atoms with Crippen LogP contribution in [0.25, 0.3) is 0 Å². The zero-order valence-electron chi connectivity index (χ0n) is 16.6. The molecule has 3 heterocycles. The Morgan fingerprint density at radius 2 is 2.06 bits per heavy atom. The minimum Gasteiger partial charge on any atom is -0.497 e. The molecule has 31 heavy (non-hydrogen) atoms. The SMILES string of the molecule is COc1ccc(NC(=O)c2cc3n(n2)[C@@H](C(F)(F)F)C[C@@H](c2ccco2)N3)c(OC)c1. The number of hydrogen-bond donors (Lipinski definition) is 2. The van der Waals surface area contributed by atoms with Gasteiger partial charge in [-0.1, -0.05) is 0 Å². The fourth-order valence-corrected chi connectivity index (χ4v) is 3.45. The quantitative estimate of drug-likeness (QED) is 0.616. The normalized spacial score (nSPS) is 18.1. The number of nitrogens with one attached hydrogen (secondary N) is 2. The van der Waals surface area contributed by atoms with Crippen LogP contribution in [0.2, 0.25) is 0 Å². The van der Waals surface area contributed by atoms with Crippen LogP contribution in [0.5, 0.6) is 11.5 Å². The van der Waals surface area contributed by atoms with Gasteiger partial charge in [0, 0.05) is 18.6 Å². The lowest BCUT2D eigenvalue weighted by atomic mass is 10.0. The van der Waals surface area contributed by atoms with E-state index in [9.17, 15) is 18.0 Å². The van der Waals surface area contributed by atoms with Crippen LogP contribution in [0.3, 0.4) is 0 Å². The number of methoxy groups -OCH3 is 2. The summed E-state index contributed by atoms with van der Waals surface area (Å²) < 4.78 is 57.5. The van der Waals surface area contributed by atoms with Gasteiger partial charge in [0.1, 0.15) is 23.1 Å². The maximum Gasteiger partial charge on any atom is 0.410 e. The monoisotopic (exact) mass is 436 g/mol. The van der Waals surface area contributed by atoms with E-state index in [1.54, 1.807) is 30.3 Å². The summed E-state index contributed by atoms with van der Waals surface area (Å²) in [5.41, 5.74) is 0.155. The van der Waals surface area contributed by atoms with Gasteiger partial charge in [0.2, 0.25) is 0 Å². The van der Waals surface area contributed by atoms with Crippen LogP contribution >= 0.6 is 0 Å². The Kier molecular flexibility index (Phi) is 5.25. The average Bonchev–Trinajstić information content (AvgIpc) is 3.42. The number of carbonyl (C=O) groups is 1. The third-order valence-corrected chi connectivity index (χ3v) is 4.97. The molecule has 164 valence electrons. The van der Waals surface area contributed by atoms with Gasteiger partial charge in [0.25, 0.3) is 5.91 Å². The van der Waals surface area contributed by atoms with Crippen LogP contribution in [0, 0.1) is 0 Å². The number of amides is 1. The zero-order valence-corrected chi connectivity index (χ0v) is 16.6. The summed E-state index contributed by atoms with van der Waals surface area (Å²) in [6.07, 6.45) is -3.48. The summed E-state index contributed by atoms with van der Waals surface area (Å²) in [6, 6.07) is 6.62. The van der Waals surface area contributed by atoms with E-state index in [4.69, 9.17) is 13.9 Å². The molecule has 2 N–H and O–H groups in total. The molecule has 1 amide bonds. The average molecular weight is 436 g/mol. The molecule has 2 atom stereocenters. The molecule has 0 saturated heterocycles. The van der Waals surface area contributed by atoms with Crippen molar-refractivity contribution >= 4 is 17.4 Å². The fourth-order valence-electron chi connectivity index (χ4n) is 3.45. The number of fused-ring (bicyclic) bond motifs is 1. The molecule has 1 aliphatic heterocycles. The molecule has 8 nitrogen and oxygen atoms in total. The summed E-state index contributed by atoms with van der Waals surface area (Å²) in [5, 5.41) is 9.50. The van der Waals surface area contributed by atoms with E-state index in [0.717, 1.165) is 4.68 Å². The highest BCUT2D eigenvalue weighted by Gasteiger charge is 2.47. The number of halogens is 3. The second kappa shape index (κ2) is 7.89. The topological polar surface area (TPSA) is 90.5 Å². The number of ether oxygens (including phenoxy) is 2. The molecule has 2 aromatic heterocycles. The minimum atomic E-state index is -4.55. The van der Waals surface area contributed by atoms with E-state index in [1.165, 1.54) is 26.5 Å². The van der Waals surface area contributed by atoms with Crippen LogP contribution in [-0.4, -0.2) is 36.1 Å². The molecule has 4 rings (SSSR count). The lowest BCUT2D eigenvalue weighted by Crippen LogP contribution is -2.35. The van der Waals surface area contributed by atoms with Crippen LogP contribution < -0.4 is 20.1 Å². The first kappa shape index (κ1) is 20.6. The van der Waals surface area contributed by atoms with Gasteiger partial charge in [-0.3, -0.25) is 4.79 Å². The number of furan rings is 1. The first-order chi connectivity index (χ1) is 14.8. The number of aromatic nitrogens is 2. The van der Waals surface area contributed by atoms with Crippen molar-refractivity contribution in [2.24, 2.45) is 0 Å². The molecule has 11 heteroatoms. The second-order valence-corrected chi connectivity index (χ2v) is 6.89. The second-order valence-electron chi connectivity index (χ2n) is 6.89. The molecule has 0 radical (unpaired) electrons. The highest BCUT2D eigenvalue weighted by atomic mass is 19.4. The predicted molar refractivity (Wildman–Crippen MR) is 105 cm³/mol. The van der Waals surface area contributed by atoms with Crippen molar-refractivity contribution in [3.05, 3.63) is 54.1 Å². The van der Waals surface area contributed by atoms with Crippen LogP contribution in [-0.2, 0) is 0 Å². The highest BCUT2D eigenvalue weighted by Crippen LogP contribution is 2.43. The van der Waals surface area contributed by atoms with Gasteiger partial charge in [0.05, 0.1) is 32.2 Å². The van der Waals surface area contributed by atoms with Crippen LogP contribution in [0.4, 0.5) is 24.7 Å². The lowest BCUT2D eigenvalue weighted by molar-refractivity contribution is -0.174. The molecule has 0 bridgehead atoms. The zero-order chi connectivity index (χ0) is 22.2. The summed E-state index contributed by atoms with van der Waals surface area (Å²) in [6.45, 7) is 0. The van der Waals surface area contributed by atoms with E-state index in [1.807, 2.05) is 0 Å². The Morgan fingerprint density at radius 3 is 2.71 bits per heavy atom. The molecule has 1 aromatic carbocycles. The molecule has 0 aliphatic carbocycles. The van der Waals surface area contributed by atoms with Crippen molar-refractivity contribution in [1.29, 1.82) is 0 Å². The Morgan fingerprint density at radius 1 is 1.26 bits per heavy atom. The first-order valence-electron chi connectivity index (χ1n) is 9.29. The molecular formula is C20H19F3N4O4. The van der Waals surface area contributed by atoms with Gasteiger partial charge in [-0.15, -0.1) is 0 Å². The van der Waals surface area contributed by atoms with Crippen LogP contribution in [0.15, 0.2) is 47.1 Å². The molecule has 0 saturated carbocycles. The van der Waals surface area contributed by atoms with Crippen molar-refractivity contribution in [3.63, 3.8) is 0 Å². The summed E-state index contributed by atoms with van der Waals surface area (Å²) >= 11 is 0. The van der Waals surface area contributed by atoms with E-state index in [0.29, 0.717) is 22.9 Å². The molecule has 0 unspecified atom stereocenters. The van der Waals surface area contributed by atoms with Crippen molar-refractivity contribution in [2.75, 3.05) is 24.9 Å². The van der Waals surface area contributed by atoms with Crippen molar-refractivity contribution in [2.45, 2.75) is 24.7 Å². The van der Waals surface area contributed by atoms with Gasteiger partial charge in [0.15, 0.2) is 11.7 Å². The van der Waals surface area contributed by atoms with Gasteiger partial charge in [-0.05, 0) is 24.3 Å². The highest BCUT2D eigenvalue weighted by molar-refractivity contribution is 6.04. The van der Waals surface area contributed by atoms with Gasteiger partial charge in [-0.25, -0.2) is 4.68 Å². The first-order valence-corrected chi connectivity index (χ1v) is 9.29. The third kappa shape index (κ3) is 4.03. The van der Waals surface area contributed by atoms with E-state index >= 15 is 0 Å². The van der Waals surface area contributed by atoms with Crippen molar-refractivity contribution in [1.82, 2.24) is 9.78 Å².